The molecule has 9 aromatic carbocycles. The van der Waals surface area contributed by atoms with Crippen LogP contribution in [0.15, 0.2) is 249 Å². The minimum atomic E-state index is -0.517. The number of amides is 4. The molecule has 4 aliphatic rings. The highest BCUT2D eigenvalue weighted by Crippen LogP contribution is 2.46. The molecule has 4 amide bonds. The van der Waals surface area contributed by atoms with Gasteiger partial charge < -0.3 is 88.0 Å². The maximum Gasteiger partial charge on any atom is 0.416 e. The first-order valence-corrected chi connectivity index (χ1v) is 51.5. The van der Waals surface area contributed by atoms with Gasteiger partial charge in [-0.15, -0.1) is 27.8 Å². The zero-order chi connectivity index (χ0) is 102. The number of fused-ring (bicyclic) bond motifs is 12. The Bertz CT molecular complexity index is 7320. The molecule has 8 aromatic heterocycles. The van der Waals surface area contributed by atoms with Gasteiger partial charge in [-0.3, -0.25) is 24.6 Å². The summed E-state index contributed by atoms with van der Waals surface area (Å²) in [6.07, 6.45) is 11.6. The molecule has 766 valence electrons. The number of H-pyrrole nitrogens is 4. The van der Waals surface area contributed by atoms with Crippen molar-refractivity contribution in [2.24, 2.45) is 0 Å². The summed E-state index contributed by atoms with van der Waals surface area (Å²) in [5.74, 6) is 2.86. The standard InChI is InChI=1S/C28H23ClFN5O3.C28H29ClN4O4.C27H29ClN4O4S.C26H27ClN4O4S/c29-19-3-10-25-24(17-19)23-11-13-35(28(36)38-22-8-4-20(30)5-9-22)27(26(23)32-25)18-1-6-21(7-2-18)37-16-15-34-14-12-31-33-34;1-35-16-17-37-28(34)33-14-10-23-24-18-20(29)4-7-25(24)32-26(23)27(33)19-2-5-22(6-3-19)36-15-13-31-21-8-11-30-12-9-21;1-17-16-30-26(37-17)29-10-12-35-20-6-3-18(4-7-20)25-24-21(22-15-19(28)5-8-23(22)31-24)9-11-32(25)27(33)36-14-13-34-2;1-33-13-14-35-26(32)31-11-8-20-21-16-18(27)4-7-22(21)30-23(20)24(31)17-2-5-19(6-3-17)34-12-9-28-25-29-10-15-36-25/h1-10,12,14,17,27,32H,11,13,15-16H2;2-9,11-12,18,27,32H,10,13-17H2,1H3,(H,30,31);3-8,15-16,25,31H,9-14H2,1-2H3,(H,29,30);2-7,10,15-16,24,30H,8-9,11-14H2,1H3,(H,28,29). The number of hydrogen-bond acceptors (Lipinski definition) is 25. The zero-order valence-corrected chi connectivity index (χ0v) is 86.0. The lowest BCUT2D eigenvalue weighted by Gasteiger charge is -2.35. The topological polar surface area (TPSA) is 351 Å². The number of carbonyl (C=O) groups is 4. The number of pyridine rings is 1. The van der Waals surface area contributed by atoms with Crippen LogP contribution in [0.5, 0.6) is 28.7 Å². The fourth-order valence-electron chi connectivity index (χ4n) is 18.6. The van der Waals surface area contributed by atoms with Crippen molar-refractivity contribution in [1.82, 2.24) is 69.5 Å². The van der Waals surface area contributed by atoms with Crippen molar-refractivity contribution in [2.45, 2.75) is 63.3 Å². The average molecular weight is 2120 g/mol. The van der Waals surface area contributed by atoms with Gasteiger partial charge in [-0.25, -0.2) is 38.2 Å². The summed E-state index contributed by atoms with van der Waals surface area (Å²) < 4.78 is 75.9. The molecule has 4 atom stereocenters. The van der Waals surface area contributed by atoms with Crippen molar-refractivity contribution >= 4 is 153 Å². The van der Waals surface area contributed by atoms with Crippen LogP contribution in [0, 0.1) is 12.7 Å². The number of benzene rings is 9. The Kier molecular flexibility index (Phi) is 34.7. The van der Waals surface area contributed by atoms with Gasteiger partial charge in [-0.05, 0) is 235 Å². The monoisotopic (exact) mass is 2120 g/mol. The molecule has 12 heterocycles. The number of rotatable bonds is 33. The minimum Gasteiger partial charge on any atom is -0.492 e. The first kappa shape index (κ1) is 103. The van der Waals surface area contributed by atoms with Gasteiger partial charge in [0, 0.05) is 187 Å². The van der Waals surface area contributed by atoms with Crippen LogP contribution in [0.2, 0.25) is 20.1 Å². The number of hydrogen-bond donors (Lipinski definition) is 7. The molecule has 39 heteroatoms. The molecule has 0 radical (unpaired) electrons. The predicted molar refractivity (Wildman–Crippen MR) is 571 cm³/mol. The average Bonchev–Trinajstić information content (AvgIpc) is 1.61. The van der Waals surface area contributed by atoms with Gasteiger partial charge in [0.05, 0.1) is 45.7 Å². The van der Waals surface area contributed by atoms with Crippen LogP contribution in [-0.4, -0.2) is 227 Å². The van der Waals surface area contributed by atoms with E-state index in [-0.39, 0.29) is 62.0 Å². The molecule has 0 spiro atoms. The quantitative estimate of drug-likeness (QED) is 0.0148. The highest BCUT2D eigenvalue weighted by Gasteiger charge is 2.41. The zero-order valence-electron chi connectivity index (χ0n) is 81.3. The number of nitrogens with one attached hydrogen (secondary N) is 7. The van der Waals surface area contributed by atoms with Gasteiger partial charge in [0.15, 0.2) is 10.3 Å². The van der Waals surface area contributed by atoms with Gasteiger partial charge in [0.1, 0.15) is 105 Å². The molecule has 0 bridgehead atoms. The van der Waals surface area contributed by atoms with Gasteiger partial charge in [-0.2, -0.15) is 0 Å². The second kappa shape index (κ2) is 49.7. The lowest BCUT2D eigenvalue weighted by molar-refractivity contribution is 0.0626. The van der Waals surface area contributed by atoms with E-state index in [1.54, 1.807) is 99.3 Å². The van der Waals surface area contributed by atoms with E-state index in [0.29, 0.717) is 150 Å². The Hall–Kier alpha value is -14.7. The molecule has 148 heavy (non-hydrogen) atoms. The number of ether oxygens (including phenoxy) is 11. The third kappa shape index (κ3) is 25.4. The molecule has 32 nitrogen and oxygen atoms in total. The van der Waals surface area contributed by atoms with Gasteiger partial charge in [0.25, 0.3) is 0 Å². The van der Waals surface area contributed by atoms with Crippen molar-refractivity contribution in [3.63, 3.8) is 0 Å². The van der Waals surface area contributed by atoms with E-state index >= 15 is 0 Å². The Morgan fingerprint density at radius 1 is 0.399 bits per heavy atom. The molecule has 21 rings (SSSR count). The highest BCUT2D eigenvalue weighted by atomic mass is 35.5. The fraction of sp³-hybridized carbons (Fsp3) is 0.275. The summed E-state index contributed by atoms with van der Waals surface area (Å²) in [6.45, 7) is 10.2. The van der Waals surface area contributed by atoms with E-state index in [4.69, 9.17) is 98.5 Å². The van der Waals surface area contributed by atoms with E-state index in [1.165, 1.54) is 45.8 Å². The van der Waals surface area contributed by atoms with Crippen LogP contribution < -0.4 is 39.6 Å². The summed E-state index contributed by atoms with van der Waals surface area (Å²) in [4.78, 5) is 87.4. The van der Waals surface area contributed by atoms with E-state index < -0.39 is 18.0 Å². The van der Waals surface area contributed by atoms with E-state index in [0.717, 1.165) is 127 Å². The van der Waals surface area contributed by atoms with Crippen LogP contribution in [0.4, 0.5) is 39.5 Å². The number of carbonyl (C=O) groups excluding carboxylic acids is 4. The van der Waals surface area contributed by atoms with Gasteiger partial charge in [0.2, 0.25) is 0 Å². The number of nitrogens with zero attached hydrogens (tertiary/aromatic N) is 10. The molecular weight excluding hydrogens is 2010 g/mol. The van der Waals surface area contributed by atoms with E-state index in [9.17, 15) is 23.6 Å². The van der Waals surface area contributed by atoms with Crippen molar-refractivity contribution in [2.75, 3.05) is 149 Å². The Balaban J connectivity index is 0.000000129. The van der Waals surface area contributed by atoms with Crippen LogP contribution in [0.1, 0.15) is 96.3 Å². The molecule has 0 fully saturated rings. The molecule has 4 aliphatic heterocycles. The molecule has 17 aromatic rings. The summed E-state index contributed by atoms with van der Waals surface area (Å²) in [6, 6.07) is 62.3. The number of anilines is 3. The molecule has 0 aliphatic carbocycles. The third-order valence-corrected chi connectivity index (χ3v) is 28.0. The van der Waals surface area contributed by atoms with Crippen molar-refractivity contribution in [1.29, 1.82) is 0 Å². The van der Waals surface area contributed by atoms with Crippen LogP contribution >= 0.6 is 69.1 Å². The summed E-state index contributed by atoms with van der Waals surface area (Å²) in [5, 5.41) is 28.2. The van der Waals surface area contributed by atoms with Gasteiger partial charge in [-0.1, -0.05) is 100 Å². The number of halogens is 5. The predicted octanol–water partition coefficient (Wildman–Crippen LogP) is 22.5. The first-order chi connectivity index (χ1) is 72.3. The Morgan fingerprint density at radius 3 is 1.10 bits per heavy atom. The van der Waals surface area contributed by atoms with Crippen LogP contribution in [0.3, 0.4) is 0 Å². The number of aryl methyl sites for hydroxylation is 1. The van der Waals surface area contributed by atoms with Crippen molar-refractivity contribution in [3.8, 4) is 28.7 Å². The minimum absolute atomic E-state index is 0.202. The van der Waals surface area contributed by atoms with E-state index in [1.807, 2.05) is 200 Å². The summed E-state index contributed by atoms with van der Waals surface area (Å²) >= 11 is 28.3. The number of thiazole rings is 2. The second-order valence-corrected chi connectivity index (χ2v) is 38.7. The lowest BCUT2D eigenvalue weighted by Crippen LogP contribution is -2.42. The highest BCUT2D eigenvalue weighted by molar-refractivity contribution is 7.15. The molecule has 7 N–H and O–H groups in total. The van der Waals surface area contributed by atoms with Crippen molar-refractivity contribution in [3.05, 3.63) is 347 Å². The maximum absolute atomic E-state index is 13.4. The largest absolute Gasteiger partial charge is 0.492 e. The van der Waals surface area contributed by atoms with E-state index in [2.05, 4.69) is 61.2 Å². The SMILES string of the molecule is COCCOC(=O)N1CCc2c([nH]c3ccc(Cl)cc23)C1c1ccc(OCCNc2ccncc2)cc1.COCCOC(=O)N1CCc2c([nH]c3ccc(Cl)cc23)C1c1ccc(OCCNc2ncc(C)s2)cc1.COCCOC(=O)N1CCc2c([nH]c3ccc(Cl)cc23)C1c1ccc(OCCNc2nccs2)cc1.O=C(Oc1ccc(F)cc1)N1CCc2c([nH]c3ccc(Cl)cc23)C1c1ccc(OCCn2ccnn2)cc1. The summed E-state index contributed by atoms with van der Waals surface area (Å²) in [7, 11) is 4.75. The van der Waals surface area contributed by atoms with Crippen LogP contribution in [-0.2, 0) is 60.6 Å². The molecule has 0 saturated heterocycles. The molecule has 4 unspecified atom stereocenters. The smallest absolute Gasteiger partial charge is 0.416 e. The Morgan fingerprint density at radius 2 is 0.757 bits per heavy atom. The number of aromatic amines is 4. The third-order valence-electron chi connectivity index (χ3n) is 25.4. The normalized spacial score (nSPS) is 15.0. The molecular formula is C109H108Cl4FN17O15S2. The Labute approximate surface area is 880 Å². The lowest BCUT2D eigenvalue weighted by atomic mass is 9.92. The maximum atomic E-state index is 13.4. The molecule has 0 saturated carbocycles. The second-order valence-electron chi connectivity index (χ2n) is 34.8. The fourth-order valence-corrected chi connectivity index (χ4v) is 20.5. The number of aromatic nitrogens is 10. The van der Waals surface area contributed by atoms with Crippen LogP contribution in [0.25, 0.3) is 43.6 Å². The number of methoxy groups -OCH3 is 3. The van der Waals surface area contributed by atoms with Crippen molar-refractivity contribution < 1.29 is 75.7 Å². The summed E-state index contributed by atoms with van der Waals surface area (Å²) in [5.41, 5.74) is 17.2. The van der Waals surface area contributed by atoms with Gasteiger partial charge >= 0.3 is 24.4 Å². The first-order valence-electron chi connectivity index (χ1n) is 48.3.